The van der Waals surface area contributed by atoms with Crippen LogP contribution in [0.25, 0.3) is 0 Å². The van der Waals surface area contributed by atoms with Crippen molar-refractivity contribution >= 4 is 17.6 Å². The minimum absolute atomic E-state index is 0.0356. The average molecular weight is 325 g/mol. The molecule has 0 aromatic heterocycles. The monoisotopic (exact) mass is 325 g/mol. The van der Waals surface area contributed by atoms with Gasteiger partial charge in [0.2, 0.25) is 5.91 Å². The normalized spacial score (nSPS) is 19.8. The predicted octanol–water partition coefficient (Wildman–Crippen LogP) is 2.68. The quantitative estimate of drug-likeness (QED) is 0.886. The third-order valence-corrected chi connectivity index (χ3v) is 4.19. The first-order valence-electron chi connectivity index (χ1n) is 7.88. The predicted molar refractivity (Wildman–Crippen MR) is 89.9 cm³/mol. The fraction of sp³-hybridized carbons (Fsp3) is 0.263. The standard InChI is InChI=1S/C19H19NO4/c21-18(22)10-13-5-4-8-15(9-13)20-19(23)17-12-24-11-16(17)14-6-2-1-3-7-14/h1-9,16-17H,10-12H2,(H,20,23)(H,21,22). The zero-order valence-corrected chi connectivity index (χ0v) is 13.1. The van der Waals surface area contributed by atoms with Crippen LogP contribution < -0.4 is 5.32 Å². The Balaban J connectivity index is 1.71. The van der Waals surface area contributed by atoms with Gasteiger partial charge in [0.1, 0.15) is 0 Å². The second-order valence-corrected chi connectivity index (χ2v) is 5.92. The molecule has 1 aliphatic rings. The summed E-state index contributed by atoms with van der Waals surface area (Å²) < 4.78 is 5.52. The summed E-state index contributed by atoms with van der Waals surface area (Å²) in [6.07, 6.45) is -0.0666. The van der Waals surface area contributed by atoms with Gasteiger partial charge in [0.25, 0.3) is 0 Å². The molecule has 2 aromatic rings. The van der Waals surface area contributed by atoms with Gasteiger partial charge in [-0.25, -0.2) is 0 Å². The Labute approximate surface area is 140 Å². The number of carbonyl (C=O) groups excluding carboxylic acids is 1. The Hall–Kier alpha value is -2.66. The molecule has 1 aliphatic heterocycles. The van der Waals surface area contributed by atoms with E-state index in [0.29, 0.717) is 24.5 Å². The van der Waals surface area contributed by atoms with E-state index in [-0.39, 0.29) is 24.2 Å². The third kappa shape index (κ3) is 3.81. The summed E-state index contributed by atoms with van der Waals surface area (Å²) in [7, 11) is 0. The molecule has 1 heterocycles. The first kappa shape index (κ1) is 16.2. The van der Waals surface area contributed by atoms with Crippen molar-refractivity contribution in [2.75, 3.05) is 18.5 Å². The molecule has 24 heavy (non-hydrogen) atoms. The van der Waals surface area contributed by atoms with Crippen LogP contribution in [-0.2, 0) is 20.7 Å². The molecule has 2 aromatic carbocycles. The molecule has 2 N–H and O–H groups in total. The zero-order chi connectivity index (χ0) is 16.9. The minimum Gasteiger partial charge on any atom is -0.481 e. The summed E-state index contributed by atoms with van der Waals surface area (Å²) in [6, 6.07) is 16.8. The molecule has 0 saturated carbocycles. The highest BCUT2D eigenvalue weighted by Gasteiger charge is 2.35. The van der Waals surface area contributed by atoms with Gasteiger partial charge in [0.15, 0.2) is 0 Å². The van der Waals surface area contributed by atoms with E-state index in [1.54, 1.807) is 24.3 Å². The summed E-state index contributed by atoms with van der Waals surface area (Å²) >= 11 is 0. The van der Waals surface area contributed by atoms with Gasteiger partial charge in [-0.3, -0.25) is 9.59 Å². The maximum Gasteiger partial charge on any atom is 0.307 e. The number of hydrogen-bond donors (Lipinski definition) is 2. The maximum atomic E-state index is 12.6. The van der Waals surface area contributed by atoms with Crippen molar-refractivity contribution in [2.45, 2.75) is 12.3 Å². The topological polar surface area (TPSA) is 75.6 Å². The molecule has 0 spiro atoms. The molecule has 0 aliphatic carbocycles. The van der Waals surface area contributed by atoms with Crippen molar-refractivity contribution < 1.29 is 19.4 Å². The lowest BCUT2D eigenvalue weighted by molar-refractivity contribution is -0.136. The smallest absolute Gasteiger partial charge is 0.307 e. The number of anilines is 1. The fourth-order valence-electron chi connectivity index (χ4n) is 3.01. The van der Waals surface area contributed by atoms with Crippen LogP contribution >= 0.6 is 0 Å². The lowest BCUT2D eigenvalue weighted by Crippen LogP contribution is -2.27. The van der Waals surface area contributed by atoms with Crippen molar-refractivity contribution in [3.8, 4) is 0 Å². The molecule has 5 heteroatoms. The van der Waals surface area contributed by atoms with Crippen molar-refractivity contribution in [3.63, 3.8) is 0 Å². The van der Waals surface area contributed by atoms with Gasteiger partial charge in [-0.05, 0) is 23.3 Å². The van der Waals surface area contributed by atoms with E-state index in [9.17, 15) is 9.59 Å². The van der Waals surface area contributed by atoms with Gasteiger partial charge >= 0.3 is 5.97 Å². The number of rotatable bonds is 5. The van der Waals surface area contributed by atoms with Crippen molar-refractivity contribution in [1.82, 2.24) is 0 Å². The molecule has 2 atom stereocenters. The van der Waals surface area contributed by atoms with E-state index in [0.717, 1.165) is 5.56 Å². The number of ether oxygens (including phenoxy) is 1. The maximum absolute atomic E-state index is 12.6. The second kappa shape index (κ2) is 7.27. The summed E-state index contributed by atoms with van der Waals surface area (Å²) in [4.78, 5) is 23.4. The molecule has 5 nitrogen and oxygen atoms in total. The van der Waals surface area contributed by atoms with Gasteiger partial charge in [-0.1, -0.05) is 42.5 Å². The Bertz CT molecular complexity index is 729. The van der Waals surface area contributed by atoms with Gasteiger partial charge in [0.05, 0.1) is 25.6 Å². The molecule has 2 unspecified atom stereocenters. The van der Waals surface area contributed by atoms with E-state index in [1.165, 1.54) is 0 Å². The van der Waals surface area contributed by atoms with Crippen LogP contribution in [0.4, 0.5) is 5.69 Å². The number of aliphatic carboxylic acids is 1. The number of carbonyl (C=O) groups is 2. The third-order valence-electron chi connectivity index (χ3n) is 4.19. The Kier molecular flexibility index (Phi) is 4.91. The molecular formula is C19H19NO4. The second-order valence-electron chi connectivity index (χ2n) is 5.92. The Morgan fingerprint density at radius 3 is 2.62 bits per heavy atom. The highest BCUT2D eigenvalue weighted by molar-refractivity contribution is 5.93. The first-order chi connectivity index (χ1) is 11.6. The van der Waals surface area contributed by atoms with E-state index >= 15 is 0 Å². The summed E-state index contributed by atoms with van der Waals surface area (Å²) in [5, 5.41) is 11.8. The van der Waals surface area contributed by atoms with E-state index < -0.39 is 5.97 Å². The molecule has 1 saturated heterocycles. The Morgan fingerprint density at radius 2 is 1.88 bits per heavy atom. The van der Waals surface area contributed by atoms with Crippen LogP contribution in [0.1, 0.15) is 17.0 Å². The number of carboxylic acid groups (broad SMARTS) is 1. The number of nitrogens with one attached hydrogen (secondary N) is 1. The molecule has 1 fully saturated rings. The van der Waals surface area contributed by atoms with Gasteiger partial charge in [-0.2, -0.15) is 0 Å². The molecular weight excluding hydrogens is 306 g/mol. The number of benzene rings is 2. The molecule has 1 amide bonds. The van der Waals surface area contributed by atoms with Crippen molar-refractivity contribution in [1.29, 1.82) is 0 Å². The number of amides is 1. The summed E-state index contributed by atoms with van der Waals surface area (Å²) in [5.41, 5.74) is 2.36. The minimum atomic E-state index is -0.896. The largest absolute Gasteiger partial charge is 0.481 e. The number of carboxylic acids is 1. The molecule has 124 valence electrons. The molecule has 3 rings (SSSR count). The fourth-order valence-corrected chi connectivity index (χ4v) is 3.01. The van der Waals surface area contributed by atoms with E-state index in [1.807, 2.05) is 30.3 Å². The summed E-state index contributed by atoms with van der Waals surface area (Å²) in [5.74, 6) is -1.22. The van der Waals surface area contributed by atoms with Crippen LogP contribution in [0.5, 0.6) is 0 Å². The van der Waals surface area contributed by atoms with Crippen molar-refractivity contribution in [2.24, 2.45) is 5.92 Å². The van der Waals surface area contributed by atoms with Crippen LogP contribution in [0.3, 0.4) is 0 Å². The number of hydrogen-bond acceptors (Lipinski definition) is 3. The first-order valence-corrected chi connectivity index (χ1v) is 7.88. The van der Waals surface area contributed by atoms with Gasteiger partial charge in [-0.15, -0.1) is 0 Å². The zero-order valence-electron chi connectivity index (χ0n) is 13.1. The average Bonchev–Trinajstić information content (AvgIpc) is 3.05. The Morgan fingerprint density at radius 1 is 1.08 bits per heavy atom. The van der Waals surface area contributed by atoms with Crippen LogP contribution in [0, 0.1) is 5.92 Å². The van der Waals surface area contributed by atoms with Crippen LogP contribution in [-0.4, -0.2) is 30.2 Å². The van der Waals surface area contributed by atoms with Gasteiger partial charge in [0, 0.05) is 11.6 Å². The lowest BCUT2D eigenvalue weighted by atomic mass is 9.88. The summed E-state index contributed by atoms with van der Waals surface area (Å²) in [6.45, 7) is 0.918. The van der Waals surface area contributed by atoms with E-state index in [2.05, 4.69) is 5.32 Å². The van der Waals surface area contributed by atoms with Gasteiger partial charge < -0.3 is 15.2 Å². The molecule has 0 bridgehead atoms. The molecule has 0 radical (unpaired) electrons. The van der Waals surface area contributed by atoms with Crippen molar-refractivity contribution in [3.05, 3.63) is 65.7 Å². The highest BCUT2D eigenvalue weighted by Crippen LogP contribution is 2.31. The SMILES string of the molecule is O=C(O)Cc1cccc(NC(=O)C2COCC2c2ccccc2)c1. The lowest BCUT2D eigenvalue weighted by Gasteiger charge is -2.18. The van der Waals surface area contributed by atoms with Crippen LogP contribution in [0.15, 0.2) is 54.6 Å². The van der Waals surface area contributed by atoms with E-state index in [4.69, 9.17) is 9.84 Å². The van der Waals surface area contributed by atoms with Crippen LogP contribution in [0.2, 0.25) is 0 Å². The highest BCUT2D eigenvalue weighted by atomic mass is 16.5.